The van der Waals surface area contributed by atoms with Gasteiger partial charge in [-0.05, 0) is 48.7 Å². The van der Waals surface area contributed by atoms with Crippen molar-refractivity contribution in [3.05, 3.63) is 66.6 Å². The predicted octanol–water partition coefficient (Wildman–Crippen LogP) is 6.32. The number of aromatic nitrogens is 2. The van der Waals surface area contributed by atoms with Gasteiger partial charge in [-0.15, -0.1) is 0 Å². The second kappa shape index (κ2) is 9.73. The number of hydrogen-bond donors (Lipinski definition) is 0. The third-order valence-electron chi connectivity index (χ3n) is 5.39. The fourth-order valence-electron chi connectivity index (χ4n) is 3.92. The van der Waals surface area contributed by atoms with E-state index in [0.29, 0.717) is 22.3 Å². The zero-order valence-electron chi connectivity index (χ0n) is 17.3. The highest BCUT2D eigenvalue weighted by Gasteiger charge is 2.22. The van der Waals surface area contributed by atoms with Gasteiger partial charge in [0.1, 0.15) is 5.82 Å². The van der Waals surface area contributed by atoms with Crippen LogP contribution in [0.1, 0.15) is 56.3 Å². The van der Waals surface area contributed by atoms with Gasteiger partial charge in [0, 0.05) is 17.3 Å². The molecule has 1 heterocycles. The molecular formula is C23H20BrCl2N3O3. The lowest BCUT2D eigenvalue weighted by molar-refractivity contribution is -0.131. The molecule has 2 aromatic carbocycles. The molecule has 0 spiro atoms. The molecule has 1 aliphatic rings. The van der Waals surface area contributed by atoms with E-state index in [4.69, 9.17) is 32.9 Å². The summed E-state index contributed by atoms with van der Waals surface area (Å²) in [5.41, 5.74) is 0.982. The van der Waals surface area contributed by atoms with Crippen LogP contribution in [0.5, 0.6) is 5.75 Å². The summed E-state index contributed by atoms with van der Waals surface area (Å²) < 4.78 is 7.23. The number of nitrogens with zero attached hydrogens (tertiary/aromatic N) is 3. The third kappa shape index (κ3) is 4.90. The average Bonchev–Trinajstić information content (AvgIpc) is 2.76. The van der Waals surface area contributed by atoms with Crippen molar-refractivity contribution in [3.8, 4) is 5.75 Å². The van der Waals surface area contributed by atoms with Gasteiger partial charge in [0.15, 0.2) is 5.75 Å². The second-order valence-corrected chi connectivity index (χ2v) is 9.47. The molecule has 0 atom stereocenters. The number of hydrogen-bond acceptors (Lipinski definition) is 5. The number of carbonyl (C=O) groups excluding carboxylic acids is 1. The molecule has 32 heavy (non-hydrogen) atoms. The summed E-state index contributed by atoms with van der Waals surface area (Å²) in [7, 11) is 0. The molecule has 0 radical (unpaired) electrons. The molecule has 0 bridgehead atoms. The fraction of sp³-hybridized carbons (Fsp3) is 0.304. The quantitative estimate of drug-likeness (QED) is 0.222. The topological polar surface area (TPSA) is 73.5 Å². The first-order valence-electron chi connectivity index (χ1n) is 10.3. The normalized spacial score (nSPS) is 14.9. The van der Waals surface area contributed by atoms with E-state index in [2.05, 4.69) is 21.0 Å². The first-order chi connectivity index (χ1) is 15.3. The summed E-state index contributed by atoms with van der Waals surface area (Å²) in [6.45, 7) is 1.27. The van der Waals surface area contributed by atoms with Gasteiger partial charge >= 0.3 is 5.97 Å². The Hall–Kier alpha value is -2.22. The molecule has 6 nitrogen and oxygen atoms in total. The van der Waals surface area contributed by atoms with Gasteiger partial charge in [0.2, 0.25) is 0 Å². The van der Waals surface area contributed by atoms with Crippen LogP contribution in [0, 0.1) is 0 Å². The molecule has 1 fully saturated rings. The van der Waals surface area contributed by atoms with Crippen LogP contribution in [-0.2, 0) is 4.79 Å². The van der Waals surface area contributed by atoms with Crippen molar-refractivity contribution in [2.75, 3.05) is 0 Å². The van der Waals surface area contributed by atoms with Crippen molar-refractivity contribution >= 4 is 62.2 Å². The summed E-state index contributed by atoms with van der Waals surface area (Å²) in [5.74, 6) is 0.400. The highest BCUT2D eigenvalue weighted by Crippen LogP contribution is 2.34. The summed E-state index contributed by atoms with van der Waals surface area (Å²) in [6.07, 6.45) is 6.85. The molecule has 0 amide bonds. The number of carbonyl (C=O) groups is 1. The summed E-state index contributed by atoms with van der Waals surface area (Å²) in [5, 5.41) is 5.31. The van der Waals surface area contributed by atoms with Crippen LogP contribution in [0.3, 0.4) is 0 Å². The highest BCUT2D eigenvalue weighted by atomic mass is 79.9. The molecule has 0 unspecified atom stereocenters. The van der Waals surface area contributed by atoms with Crippen molar-refractivity contribution < 1.29 is 9.53 Å². The van der Waals surface area contributed by atoms with Crippen molar-refractivity contribution in [1.82, 2.24) is 9.66 Å². The maximum atomic E-state index is 13.4. The van der Waals surface area contributed by atoms with E-state index in [0.717, 1.165) is 30.2 Å². The SMILES string of the molecule is CC(=O)Oc1c(Cl)cc(C=Nn2c(C3CCCCC3)nc3ccc(Br)cc3c2=O)cc1Cl. The Bertz CT molecular complexity index is 1260. The largest absolute Gasteiger partial charge is 0.424 e. The Morgan fingerprint density at radius 3 is 2.53 bits per heavy atom. The van der Waals surface area contributed by atoms with Crippen LogP contribution in [0.2, 0.25) is 10.0 Å². The predicted molar refractivity (Wildman–Crippen MR) is 130 cm³/mol. The van der Waals surface area contributed by atoms with E-state index in [-0.39, 0.29) is 27.3 Å². The average molecular weight is 537 g/mol. The number of esters is 1. The van der Waals surface area contributed by atoms with E-state index < -0.39 is 5.97 Å². The lowest BCUT2D eigenvalue weighted by Crippen LogP contribution is -2.25. The molecule has 9 heteroatoms. The molecular weight excluding hydrogens is 517 g/mol. The highest BCUT2D eigenvalue weighted by molar-refractivity contribution is 9.10. The standard InChI is InChI=1S/C23H20BrCl2N3O3/c1-13(30)32-21-18(25)9-14(10-19(21)26)12-27-29-22(15-5-3-2-4-6-15)28-20-8-7-16(24)11-17(20)23(29)31/h7-12,15H,2-6H2,1H3. The van der Waals surface area contributed by atoms with E-state index in [1.54, 1.807) is 18.2 Å². The minimum atomic E-state index is -0.521. The van der Waals surface area contributed by atoms with Gasteiger partial charge in [0.05, 0.1) is 27.2 Å². The number of ether oxygens (including phenoxy) is 1. The zero-order valence-corrected chi connectivity index (χ0v) is 20.4. The van der Waals surface area contributed by atoms with Crippen molar-refractivity contribution in [2.45, 2.75) is 44.9 Å². The minimum Gasteiger partial charge on any atom is -0.424 e. The van der Waals surface area contributed by atoms with Gasteiger partial charge < -0.3 is 4.74 Å². The minimum absolute atomic E-state index is 0.0928. The molecule has 4 rings (SSSR count). The van der Waals surface area contributed by atoms with Crippen LogP contribution in [-0.4, -0.2) is 21.8 Å². The number of rotatable bonds is 4. The Kier molecular flexibility index (Phi) is 6.98. The zero-order chi connectivity index (χ0) is 22.8. The van der Waals surface area contributed by atoms with Gasteiger partial charge in [-0.25, -0.2) is 4.98 Å². The Labute approximate surface area is 203 Å². The third-order valence-corrected chi connectivity index (χ3v) is 6.45. The van der Waals surface area contributed by atoms with Gasteiger partial charge in [-0.2, -0.15) is 9.78 Å². The van der Waals surface area contributed by atoms with E-state index in [9.17, 15) is 9.59 Å². The van der Waals surface area contributed by atoms with Gasteiger partial charge in [-0.1, -0.05) is 58.4 Å². The van der Waals surface area contributed by atoms with Crippen LogP contribution in [0.25, 0.3) is 10.9 Å². The summed E-state index contributed by atoms with van der Waals surface area (Å²) in [4.78, 5) is 29.4. The molecule has 1 aromatic heterocycles. The molecule has 0 aliphatic heterocycles. The molecule has 1 saturated carbocycles. The lowest BCUT2D eigenvalue weighted by atomic mass is 9.88. The first kappa shape index (κ1) is 23.0. The second-order valence-electron chi connectivity index (χ2n) is 7.74. The van der Waals surface area contributed by atoms with E-state index in [1.165, 1.54) is 24.2 Å². The maximum Gasteiger partial charge on any atom is 0.308 e. The Balaban J connectivity index is 1.80. The fourth-order valence-corrected chi connectivity index (χ4v) is 4.86. The molecule has 0 N–H and O–H groups in total. The number of fused-ring (bicyclic) bond motifs is 1. The van der Waals surface area contributed by atoms with Crippen molar-refractivity contribution in [1.29, 1.82) is 0 Å². The monoisotopic (exact) mass is 535 g/mol. The van der Waals surface area contributed by atoms with Crippen LogP contribution in [0.4, 0.5) is 0 Å². The van der Waals surface area contributed by atoms with Crippen LogP contribution in [0.15, 0.2) is 44.7 Å². The number of benzene rings is 2. The summed E-state index contributed by atoms with van der Waals surface area (Å²) >= 11 is 15.9. The molecule has 3 aromatic rings. The van der Waals surface area contributed by atoms with Gasteiger partial charge in [0.25, 0.3) is 5.56 Å². The van der Waals surface area contributed by atoms with Crippen molar-refractivity contribution in [3.63, 3.8) is 0 Å². The van der Waals surface area contributed by atoms with E-state index >= 15 is 0 Å². The molecule has 0 saturated heterocycles. The van der Waals surface area contributed by atoms with Gasteiger partial charge in [-0.3, -0.25) is 9.59 Å². The smallest absolute Gasteiger partial charge is 0.308 e. The Morgan fingerprint density at radius 1 is 1.19 bits per heavy atom. The maximum absolute atomic E-state index is 13.4. The Morgan fingerprint density at radius 2 is 1.88 bits per heavy atom. The molecule has 166 valence electrons. The molecule has 1 aliphatic carbocycles. The lowest BCUT2D eigenvalue weighted by Gasteiger charge is -2.22. The van der Waals surface area contributed by atoms with E-state index in [1.807, 2.05) is 12.1 Å². The summed E-state index contributed by atoms with van der Waals surface area (Å²) in [6, 6.07) is 8.62. The number of halogens is 3. The van der Waals surface area contributed by atoms with Crippen LogP contribution >= 0.6 is 39.1 Å². The first-order valence-corrected chi connectivity index (χ1v) is 11.8. The van der Waals surface area contributed by atoms with Crippen LogP contribution < -0.4 is 10.3 Å². The van der Waals surface area contributed by atoms with Crippen molar-refractivity contribution in [2.24, 2.45) is 5.10 Å².